The van der Waals surface area contributed by atoms with E-state index < -0.39 is 5.97 Å². The molecule has 0 aliphatic heterocycles. The summed E-state index contributed by atoms with van der Waals surface area (Å²) in [6.45, 7) is 4.21. The second-order valence-corrected chi connectivity index (χ2v) is 8.38. The summed E-state index contributed by atoms with van der Waals surface area (Å²) in [4.78, 5) is 11.1. The van der Waals surface area contributed by atoms with Gasteiger partial charge in [-0.05, 0) is 73.2 Å². The van der Waals surface area contributed by atoms with Crippen LogP contribution >= 0.6 is 22.6 Å². The molecule has 0 unspecified atom stereocenters. The maximum absolute atomic E-state index is 11.1. The van der Waals surface area contributed by atoms with E-state index in [1.807, 2.05) is 50.4 Å². The van der Waals surface area contributed by atoms with E-state index in [2.05, 4.69) is 39.0 Å². The van der Waals surface area contributed by atoms with Gasteiger partial charge in [-0.15, -0.1) is 5.10 Å². The number of aromatic nitrogens is 3. The van der Waals surface area contributed by atoms with E-state index in [4.69, 9.17) is 14.6 Å². The number of carboxylic acids is 1. The Balaban J connectivity index is 1.94. The van der Waals surface area contributed by atoms with Crippen LogP contribution < -0.4 is 9.47 Å². The highest BCUT2D eigenvalue weighted by Gasteiger charge is 2.15. The first-order valence-electron chi connectivity index (χ1n) is 9.92. The molecule has 0 radical (unpaired) electrons. The number of allylic oxidation sites excluding steroid dienone is 2. The number of carboxylic acid groups (broad SMARTS) is 1. The summed E-state index contributed by atoms with van der Waals surface area (Å²) in [5.74, 6) is 0.202. The Morgan fingerprint density at radius 3 is 2.69 bits per heavy atom. The number of ether oxygens (including phenoxy) is 2. The molecule has 0 atom stereocenters. The zero-order chi connectivity index (χ0) is 23.1. The number of aliphatic carboxylic acids is 1. The molecule has 0 amide bonds. The fourth-order valence-corrected chi connectivity index (χ4v) is 3.68. The van der Waals surface area contributed by atoms with Gasteiger partial charge in [0.05, 0.1) is 19.0 Å². The Bertz CT molecular complexity index is 1160. The quantitative estimate of drug-likeness (QED) is 0.230. The summed E-state index contributed by atoms with van der Waals surface area (Å²) in [5, 5.41) is 17.5. The minimum atomic E-state index is -1.03. The lowest BCUT2D eigenvalue weighted by molar-refractivity contribution is -0.131. The van der Waals surface area contributed by atoms with Crippen molar-refractivity contribution < 1.29 is 19.4 Å². The third-order valence-corrected chi connectivity index (χ3v) is 5.50. The zero-order valence-corrected chi connectivity index (χ0v) is 20.2. The molecule has 3 aromatic rings. The highest BCUT2D eigenvalue weighted by Crippen LogP contribution is 2.35. The smallest absolute Gasteiger partial charge is 0.328 e. The number of benzene rings is 2. The molecule has 0 aliphatic rings. The van der Waals surface area contributed by atoms with Crippen molar-refractivity contribution in [2.24, 2.45) is 0 Å². The number of hydrogen-bond acceptors (Lipinski definition) is 5. The summed E-state index contributed by atoms with van der Waals surface area (Å²) in [5.41, 5.74) is 4.22. The normalized spacial score (nSPS) is 10.9. The van der Waals surface area contributed by atoms with Crippen molar-refractivity contribution in [2.75, 3.05) is 7.11 Å². The number of rotatable bonds is 9. The third kappa shape index (κ3) is 5.97. The number of carbonyl (C=O) groups is 1. The van der Waals surface area contributed by atoms with Gasteiger partial charge in [-0.3, -0.25) is 0 Å². The van der Waals surface area contributed by atoms with Crippen LogP contribution in [0.4, 0.5) is 0 Å². The molecule has 3 rings (SSSR count). The first-order chi connectivity index (χ1) is 15.4. The van der Waals surface area contributed by atoms with Crippen molar-refractivity contribution in [2.45, 2.75) is 26.9 Å². The topological polar surface area (TPSA) is 86.5 Å². The van der Waals surface area contributed by atoms with E-state index in [1.54, 1.807) is 17.9 Å². The van der Waals surface area contributed by atoms with Gasteiger partial charge in [-0.2, -0.15) is 0 Å². The van der Waals surface area contributed by atoms with Crippen molar-refractivity contribution in [3.05, 3.63) is 80.7 Å². The van der Waals surface area contributed by atoms with Gasteiger partial charge in [-0.25, -0.2) is 9.48 Å². The molecule has 1 heterocycles. The average Bonchev–Trinajstić information content (AvgIpc) is 3.23. The van der Waals surface area contributed by atoms with Crippen LogP contribution in [0.1, 0.15) is 30.7 Å². The van der Waals surface area contributed by atoms with Crippen LogP contribution in [-0.2, 0) is 17.8 Å². The molecule has 0 spiro atoms. The third-order valence-electron chi connectivity index (χ3n) is 4.59. The Morgan fingerprint density at radius 1 is 1.22 bits per heavy atom. The van der Waals surface area contributed by atoms with Crippen molar-refractivity contribution in [3.8, 4) is 17.2 Å². The zero-order valence-electron chi connectivity index (χ0n) is 18.1. The van der Waals surface area contributed by atoms with Crippen LogP contribution in [0.25, 0.3) is 11.8 Å². The maximum Gasteiger partial charge on any atom is 0.328 e. The van der Waals surface area contributed by atoms with E-state index in [-0.39, 0.29) is 6.61 Å². The van der Waals surface area contributed by atoms with Gasteiger partial charge in [0.2, 0.25) is 0 Å². The van der Waals surface area contributed by atoms with E-state index in [0.717, 1.165) is 26.5 Å². The number of para-hydroxylation sites is 1. The summed E-state index contributed by atoms with van der Waals surface area (Å²) < 4.78 is 14.5. The molecule has 2 aromatic carbocycles. The summed E-state index contributed by atoms with van der Waals surface area (Å²) in [7, 11) is 1.60. The van der Waals surface area contributed by atoms with Gasteiger partial charge in [0, 0.05) is 20.8 Å². The van der Waals surface area contributed by atoms with Gasteiger partial charge in [0.1, 0.15) is 23.8 Å². The fraction of sp³-hybridized carbons (Fsp3) is 0.208. The maximum atomic E-state index is 11.1. The van der Waals surface area contributed by atoms with Gasteiger partial charge in [0.15, 0.2) is 0 Å². The van der Waals surface area contributed by atoms with Gasteiger partial charge in [0.25, 0.3) is 0 Å². The van der Waals surface area contributed by atoms with Crippen LogP contribution in [0.15, 0.2) is 60.3 Å². The molecular formula is C24H24IN3O4. The first kappa shape index (κ1) is 23.5. The van der Waals surface area contributed by atoms with Crippen LogP contribution in [0, 0.1) is 3.57 Å². The van der Waals surface area contributed by atoms with Crippen molar-refractivity contribution >= 4 is 34.6 Å². The molecule has 7 nitrogen and oxygen atoms in total. The molecule has 0 saturated heterocycles. The second kappa shape index (κ2) is 10.9. The van der Waals surface area contributed by atoms with Gasteiger partial charge >= 0.3 is 5.97 Å². The lowest BCUT2D eigenvalue weighted by Gasteiger charge is -2.16. The largest absolute Gasteiger partial charge is 0.496 e. The fourth-order valence-electron chi connectivity index (χ4n) is 3.05. The summed E-state index contributed by atoms with van der Waals surface area (Å²) >= 11 is 2.25. The highest BCUT2D eigenvalue weighted by molar-refractivity contribution is 14.1. The standard InChI is InChI=1S/C24H24IN3O4/c1-16(2)8-11-19-22(31-3)12-9-17(10-13-23(29)30)24(19)32-15-18-14-28(27-26-18)21-7-5-4-6-20(21)25/h4-10,12-14H,11,15H2,1-3H3,(H,29,30)/b13-10-. The molecule has 8 heteroatoms. The van der Waals surface area contributed by atoms with E-state index >= 15 is 0 Å². The monoisotopic (exact) mass is 545 g/mol. The SMILES string of the molecule is COc1ccc(/C=C\C(=O)O)c(OCc2cn(-c3ccccc3I)nn2)c1CC=C(C)C. The van der Waals surface area contributed by atoms with E-state index in [9.17, 15) is 4.79 Å². The Kier molecular flexibility index (Phi) is 8.04. The minimum absolute atomic E-state index is 0.173. The van der Waals surface area contributed by atoms with Gasteiger partial charge in [-0.1, -0.05) is 29.0 Å². The number of halogens is 1. The molecule has 0 saturated carbocycles. The van der Waals surface area contributed by atoms with Gasteiger partial charge < -0.3 is 14.6 Å². The Hall–Kier alpha value is -3.14. The minimum Gasteiger partial charge on any atom is -0.496 e. The molecule has 0 fully saturated rings. The highest BCUT2D eigenvalue weighted by atomic mass is 127. The predicted octanol–water partition coefficient (Wildman–Crippen LogP) is 5.07. The molecule has 0 bridgehead atoms. The second-order valence-electron chi connectivity index (χ2n) is 7.22. The molecule has 1 N–H and O–H groups in total. The van der Waals surface area contributed by atoms with E-state index in [1.165, 1.54) is 6.08 Å². The molecular weight excluding hydrogens is 521 g/mol. The predicted molar refractivity (Wildman–Crippen MR) is 131 cm³/mol. The lowest BCUT2D eigenvalue weighted by atomic mass is 10.0. The van der Waals surface area contributed by atoms with Crippen molar-refractivity contribution in [3.63, 3.8) is 0 Å². The average molecular weight is 545 g/mol. The number of methoxy groups -OCH3 is 1. The number of nitrogens with zero attached hydrogens (tertiary/aromatic N) is 3. The molecule has 32 heavy (non-hydrogen) atoms. The molecule has 1 aromatic heterocycles. The summed E-state index contributed by atoms with van der Waals surface area (Å²) in [6, 6.07) is 11.5. The summed E-state index contributed by atoms with van der Waals surface area (Å²) in [6.07, 6.45) is 7.09. The van der Waals surface area contributed by atoms with Crippen LogP contribution in [-0.4, -0.2) is 33.2 Å². The Morgan fingerprint density at radius 2 is 2.00 bits per heavy atom. The van der Waals surface area contributed by atoms with Crippen LogP contribution in [0.3, 0.4) is 0 Å². The Labute approximate surface area is 200 Å². The van der Waals surface area contributed by atoms with Crippen LogP contribution in [0.2, 0.25) is 0 Å². The van der Waals surface area contributed by atoms with Crippen molar-refractivity contribution in [1.82, 2.24) is 15.0 Å². The first-order valence-corrected chi connectivity index (χ1v) is 11.0. The van der Waals surface area contributed by atoms with Crippen LogP contribution in [0.5, 0.6) is 11.5 Å². The van der Waals surface area contributed by atoms with Crippen molar-refractivity contribution in [1.29, 1.82) is 0 Å². The lowest BCUT2D eigenvalue weighted by Crippen LogP contribution is -2.03. The number of hydrogen-bond donors (Lipinski definition) is 1. The van der Waals surface area contributed by atoms with E-state index in [0.29, 0.717) is 29.2 Å². The molecule has 166 valence electrons. The molecule has 0 aliphatic carbocycles.